The highest BCUT2D eigenvalue weighted by Gasteiger charge is 2.29. The van der Waals surface area contributed by atoms with E-state index in [0.717, 1.165) is 0 Å². The van der Waals surface area contributed by atoms with Crippen molar-refractivity contribution < 1.29 is 18.3 Å². The summed E-state index contributed by atoms with van der Waals surface area (Å²) >= 11 is 0. The van der Waals surface area contributed by atoms with Crippen LogP contribution in [0.2, 0.25) is 0 Å². The van der Waals surface area contributed by atoms with Crippen LogP contribution in [0.15, 0.2) is 29.2 Å². The molecule has 2 rings (SSSR count). The van der Waals surface area contributed by atoms with Gasteiger partial charge in [0.25, 0.3) is 0 Å². The predicted molar refractivity (Wildman–Crippen MR) is 76.3 cm³/mol. The molecule has 1 saturated heterocycles. The van der Waals surface area contributed by atoms with Gasteiger partial charge in [-0.25, -0.2) is 13.1 Å². The second-order valence-electron chi connectivity index (χ2n) is 4.81. The number of ether oxygens (including phenoxy) is 1. The van der Waals surface area contributed by atoms with Crippen LogP contribution in [0.4, 0.5) is 5.69 Å². The van der Waals surface area contributed by atoms with Gasteiger partial charge in [-0.1, -0.05) is 12.1 Å². The lowest BCUT2D eigenvalue weighted by Gasteiger charge is -2.39. The molecule has 1 aromatic rings. The third-order valence-electron chi connectivity index (χ3n) is 3.44. The van der Waals surface area contributed by atoms with Crippen LogP contribution in [0.3, 0.4) is 0 Å². The lowest BCUT2D eigenvalue weighted by Crippen LogP contribution is -2.50. The summed E-state index contributed by atoms with van der Waals surface area (Å²) in [7, 11) is -2.13. The van der Waals surface area contributed by atoms with Gasteiger partial charge in [-0.2, -0.15) is 0 Å². The first-order chi connectivity index (χ1) is 9.49. The summed E-state index contributed by atoms with van der Waals surface area (Å²) in [5, 5.41) is 9.24. The molecule has 1 aromatic carbocycles. The van der Waals surface area contributed by atoms with Gasteiger partial charge in [0.15, 0.2) is 0 Å². The number of benzene rings is 1. The number of morpholine rings is 1. The van der Waals surface area contributed by atoms with E-state index in [2.05, 4.69) is 4.72 Å². The van der Waals surface area contributed by atoms with Gasteiger partial charge < -0.3 is 14.7 Å². The molecule has 0 aliphatic carbocycles. The van der Waals surface area contributed by atoms with Crippen LogP contribution in [-0.4, -0.2) is 52.5 Å². The molecule has 0 spiro atoms. The molecule has 20 heavy (non-hydrogen) atoms. The number of nitrogens with zero attached hydrogens (tertiary/aromatic N) is 1. The topological polar surface area (TPSA) is 78.9 Å². The Labute approximate surface area is 119 Å². The highest BCUT2D eigenvalue weighted by Crippen LogP contribution is 2.28. The van der Waals surface area contributed by atoms with Gasteiger partial charge in [0, 0.05) is 12.6 Å². The first kappa shape index (κ1) is 15.2. The van der Waals surface area contributed by atoms with Crippen molar-refractivity contribution >= 4 is 15.7 Å². The summed E-state index contributed by atoms with van der Waals surface area (Å²) in [6.07, 6.45) is -0.295. The van der Waals surface area contributed by atoms with E-state index in [0.29, 0.717) is 18.8 Å². The summed E-state index contributed by atoms with van der Waals surface area (Å²) in [6, 6.07) is 6.91. The van der Waals surface area contributed by atoms with Crippen molar-refractivity contribution in [2.75, 3.05) is 31.7 Å². The molecule has 0 saturated carbocycles. The number of rotatable bonds is 4. The molecule has 2 N–H and O–H groups in total. The van der Waals surface area contributed by atoms with E-state index in [1.807, 2.05) is 11.8 Å². The maximum atomic E-state index is 12.1. The Morgan fingerprint density at radius 3 is 2.80 bits per heavy atom. The number of para-hydroxylation sites is 1. The molecule has 1 heterocycles. The normalized spacial score (nSPS) is 23.9. The average molecular weight is 300 g/mol. The van der Waals surface area contributed by atoms with Crippen LogP contribution < -0.4 is 9.62 Å². The number of hydrogen-bond acceptors (Lipinski definition) is 5. The fourth-order valence-corrected chi connectivity index (χ4v) is 3.23. The minimum Gasteiger partial charge on any atom is -0.394 e. The van der Waals surface area contributed by atoms with E-state index in [-0.39, 0.29) is 23.6 Å². The second-order valence-corrected chi connectivity index (χ2v) is 6.67. The van der Waals surface area contributed by atoms with Gasteiger partial charge in [0.2, 0.25) is 10.0 Å². The quantitative estimate of drug-likeness (QED) is 0.829. The van der Waals surface area contributed by atoms with Gasteiger partial charge in [-0.15, -0.1) is 0 Å². The van der Waals surface area contributed by atoms with Crippen LogP contribution in [0.25, 0.3) is 0 Å². The van der Waals surface area contributed by atoms with Crippen molar-refractivity contribution in [2.45, 2.75) is 24.0 Å². The SMILES string of the molecule is CNS(=O)(=O)c1ccccc1N1CC(CO)OCC1C. The predicted octanol–water partition coefficient (Wildman–Crippen LogP) is 0.181. The van der Waals surface area contributed by atoms with Crippen LogP contribution >= 0.6 is 0 Å². The Morgan fingerprint density at radius 2 is 2.15 bits per heavy atom. The van der Waals surface area contributed by atoms with E-state index in [9.17, 15) is 13.5 Å². The van der Waals surface area contributed by atoms with Crippen LogP contribution in [0.1, 0.15) is 6.92 Å². The molecule has 7 heteroatoms. The maximum absolute atomic E-state index is 12.1. The molecule has 6 nitrogen and oxygen atoms in total. The van der Waals surface area contributed by atoms with Crippen molar-refractivity contribution in [3.8, 4) is 0 Å². The molecule has 0 amide bonds. The third-order valence-corrected chi connectivity index (χ3v) is 4.90. The summed E-state index contributed by atoms with van der Waals surface area (Å²) in [5.41, 5.74) is 0.635. The molecule has 1 aliphatic rings. The zero-order chi connectivity index (χ0) is 14.8. The highest BCUT2D eigenvalue weighted by molar-refractivity contribution is 7.89. The molecule has 2 atom stereocenters. The van der Waals surface area contributed by atoms with Crippen LogP contribution in [0.5, 0.6) is 0 Å². The van der Waals surface area contributed by atoms with Gasteiger partial charge in [0.05, 0.1) is 25.0 Å². The minimum absolute atomic E-state index is 0.0472. The summed E-state index contributed by atoms with van der Waals surface area (Å²) < 4.78 is 32.0. The Hall–Kier alpha value is -1.15. The van der Waals surface area contributed by atoms with Crippen molar-refractivity contribution in [1.82, 2.24) is 4.72 Å². The monoisotopic (exact) mass is 300 g/mol. The molecule has 2 unspecified atom stereocenters. The maximum Gasteiger partial charge on any atom is 0.242 e. The zero-order valence-corrected chi connectivity index (χ0v) is 12.4. The Balaban J connectivity index is 2.41. The van der Waals surface area contributed by atoms with Crippen molar-refractivity contribution in [3.63, 3.8) is 0 Å². The molecule has 0 bridgehead atoms. The van der Waals surface area contributed by atoms with Crippen molar-refractivity contribution in [1.29, 1.82) is 0 Å². The van der Waals surface area contributed by atoms with Crippen LogP contribution in [0, 0.1) is 0 Å². The molecule has 0 aromatic heterocycles. The molecule has 1 fully saturated rings. The number of sulfonamides is 1. The minimum atomic E-state index is -3.52. The zero-order valence-electron chi connectivity index (χ0n) is 11.6. The first-order valence-corrected chi connectivity index (χ1v) is 7.99. The lowest BCUT2D eigenvalue weighted by atomic mass is 10.1. The summed E-state index contributed by atoms with van der Waals surface area (Å²) in [6.45, 7) is 2.81. The van der Waals surface area contributed by atoms with E-state index < -0.39 is 10.0 Å². The second kappa shape index (κ2) is 6.09. The number of aliphatic hydroxyl groups excluding tert-OH is 1. The molecule has 112 valence electrons. The van der Waals surface area contributed by atoms with Gasteiger partial charge in [0.1, 0.15) is 4.90 Å². The highest BCUT2D eigenvalue weighted by atomic mass is 32.2. The van der Waals surface area contributed by atoms with Crippen molar-refractivity contribution in [3.05, 3.63) is 24.3 Å². The van der Waals surface area contributed by atoms with Gasteiger partial charge in [-0.3, -0.25) is 0 Å². The first-order valence-electron chi connectivity index (χ1n) is 6.51. The molecule has 0 radical (unpaired) electrons. The standard InChI is InChI=1S/C13H20N2O4S/c1-10-9-19-11(8-16)7-15(10)12-5-3-4-6-13(12)20(17,18)14-2/h3-6,10-11,14,16H,7-9H2,1-2H3. The summed E-state index contributed by atoms with van der Waals surface area (Å²) in [5.74, 6) is 0. The van der Waals surface area contributed by atoms with E-state index in [1.54, 1.807) is 24.3 Å². The van der Waals surface area contributed by atoms with Gasteiger partial charge >= 0.3 is 0 Å². The molecular formula is C13H20N2O4S. The van der Waals surface area contributed by atoms with Crippen LogP contribution in [-0.2, 0) is 14.8 Å². The van der Waals surface area contributed by atoms with Gasteiger partial charge in [-0.05, 0) is 26.1 Å². The summed E-state index contributed by atoms with van der Waals surface area (Å²) in [4.78, 5) is 2.21. The number of aliphatic hydroxyl groups is 1. The third kappa shape index (κ3) is 2.95. The Bertz CT molecular complexity index is 561. The van der Waals surface area contributed by atoms with Crippen molar-refractivity contribution in [2.24, 2.45) is 0 Å². The molecule has 1 aliphatic heterocycles. The number of anilines is 1. The molecular weight excluding hydrogens is 280 g/mol. The number of nitrogens with one attached hydrogen (secondary N) is 1. The fraction of sp³-hybridized carbons (Fsp3) is 0.538. The Kier molecular flexibility index (Phi) is 4.64. The Morgan fingerprint density at radius 1 is 1.45 bits per heavy atom. The van der Waals surface area contributed by atoms with E-state index >= 15 is 0 Å². The fourth-order valence-electron chi connectivity index (χ4n) is 2.30. The largest absolute Gasteiger partial charge is 0.394 e. The number of hydrogen-bond donors (Lipinski definition) is 2. The van der Waals surface area contributed by atoms with E-state index in [1.165, 1.54) is 7.05 Å². The smallest absolute Gasteiger partial charge is 0.242 e. The average Bonchev–Trinajstić information content (AvgIpc) is 2.48. The van der Waals surface area contributed by atoms with E-state index in [4.69, 9.17) is 4.74 Å². The lowest BCUT2D eigenvalue weighted by molar-refractivity contribution is -0.0104.